The van der Waals surface area contributed by atoms with E-state index in [1.807, 2.05) is 20.8 Å². The Morgan fingerprint density at radius 2 is 1.31 bits per heavy atom. The van der Waals surface area contributed by atoms with E-state index in [1.54, 1.807) is 11.1 Å². The zero-order valence-electron chi connectivity index (χ0n) is 43.9. The Labute approximate surface area is 400 Å². The number of nitrogens with two attached hydrogens (primary N) is 1. The number of hydrogen-bond donors (Lipinski definition) is 4. The monoisotopic (exact) mass is 897 g/mol. The Kier molecular flexibility index (Phi) is 19.0. The molecule has 6 aliphatic rings. The minimum Gasteiger partial charge on any atom is -0.393 e. The first kappa shape index (κ1) is 53.7. The highest BCUT2D eigenvalue weighted by Crippen LogP contribution is 2.61. The van der Waals surface area contributed by atoms with E-state index in [1.165, 1.54) is 94.6 Å². The molecule has 5 nitrogen and oxygen atoms in total. The lowest BCUT2D eigenvalue weighted by Gasteiger charge is -2.44. The number of aliphatic hydroxyl groups is 2. The first-order chi connectivity index (χ1) is 30.5. The fraction of sp³-hybridized carbons (Fsp3) is 0.783. The van der Waals surface area contributed by atoms with Gasteiger partial charge in [0.25, 0.3) is 0 Å². The van der Waals surface area contributed by atoms with Gasteiger partial charge in [-0.2, -0.15) is 0 Å². The predicted molar refractivity (Wildman–Crippen MR) is 277 cm³/mol. The van der Waals surface area contributed by atoms with Crippen LogP contribution in [-0.4, -0.2) is 39.9 Å². The van der Waals surface area contributed by atoms with Gasteiger partial charge >= 0.3 is 0 Å². The van der Waals surface area contributed by atoms with E-state index in [2.05, 4.69) is 98.2 Å². The molecule has 5 heteroatoms. The van der Waals surface area contributed by atoms with Crippen LogP contribution in [0.4, 0.5) is 0 Å². The molecule has 0 heterocycles. The standard InChI is InChI=1S/C31H51NO3.C29H49N/c1-7-10-29(34)32-28-20-25(33)19-24(22(28)3)14-13-23-12-9-18-31(6)26(15-16-27(23)31)21(2)11-8-17-30(4,5)35;1-20-18-24(22(3)27(30)19-20)13-12-23-11-9-17-29(7)25(14-15-26(23)29)21(2)10-8-16-28(4,5)6/h13-14,21,25-28,33,35H,3,7-12,15-20H2,1-2,4-6H3,(H,32,34);12-13,20-21,25-27H,3,8-11,14-19,30H2,1-2,4-7H3/b23-13+,24-14-;23-12+,24-13-/t21-,25-,26-,27+,28+,31-;20-,21-,25-,26+,27+,29-/m11/s1. The molecule has 0 bridgehead atoms. The van der Waals surface area contributed by atoms with Crippen LogP contribution < -0.4 is 11.1 Å². The van der Waals surface area contributed by atoms with Crippen LogP contribution in [0.1, 0.15) is 217 Å². The number of carbonyl (C=O) groups excluding carboxylic acids is 1. The van der Waals surface area contributed by atoms with E-state index >= 15 is 0 Å². The molecule has 0 spiro atoms. The van der Waals surface area contributed by atoms with E-state index in [0.717, 1.165) is 73.3 Å². The van der Waals surface area contributed by atoms with Crippen LogP contribution in [0.25, 0.3) is 0 Å². The third-order valence-corrected chi connectivity index (χ3v) is 18.2. The van der Waals surface area contributed by atoms with Gasteiger partial charge in [0.2, 0.25) is 5.91 Å². The topological polar surface area (TPSA) is 95.6 Å². The molecule has 0 saturated heterocycles. The van der Waals surface area contributed by atoms with Gasteiger partial charge in [-0.3, -0.25) is 4.79 Å². The Bertz CT molecular complexity index is 1750. The second kappa shape index (κ2) is 22.9. The van der Waals surface area contributed by atoms with E-state index in [9.17, 15) is 15.0 Å². The largest absolute Gasteiger partial charge is 0.393 e. The SMILES string of the molecule is C=C1/C(=C\C=C2/CCC[C@]3(C)[C@@H]([C@H](C)CCCC(C)(C)C)CC[C@@H]23)C[C@@H](C)C[C@@H]1N.C=C1/C(=C\C=C2/CCC[C@]3(C)[C@@H]([C@H](C)CCCC(C)(C)O)CC[C@@H]23)C[C@@H](O)C[C@@H]1NC(=O)CCC. The molecule has 0 radical (unpaired) electrons. The van der Waals surface area contributed by atoms with E-state index in [4.69, 9.17) is 5.73 Å². The molecule has 6 saturated carbocycles. The summed E-state index contributed by atoms with van der Waals surface area (Å²) in [5.41, 5.74) is 15.0. The predicted octanol–water partition coefficient (Wildman–Crippen LogP) is 14.9. The molecule has 0 aromatic carbocycles. The van der Waals surface area contributed by atoms with Crippen LogP contribution in [0.5, 0.6) is 0 Å². The summed E-state index contributed by atoms with van der Waals surface area (Å²) in [5.74, 6) is 5.34. The maximum absolute atomic E-state index is 12.2. The van der Waals surface area contributed by atoms with E-state index in [-0.39, 0.29) is 18.0 Å². The van der Waals surface area contributed by atoms with Crippen molar-refractivity contribution in [2.75, 3.05) is 0 Å². The highest BCUT2D eigenvalue weighted by Gasteiger charge is 2.52. The molecule has 6 fully saturated rings. The highest BCUT2D eigenvalue weighted by molar-refractivity contribution is 5.76. The molecule has 0 aromatic heterocycles. The van der Waals surface area contributed by atoms with Crippen molar-refractivity contribution < 1.29 is 15.0 Å². The van der Waals surface area contributed by atoms with Crippen LogP contribution in [0.3, 0.4) is 0 Å². The number of nitrogens with one attached hydrogen (secondary N) is 1. The molecular weight excluding hydrogens is 797 g/mol. The summed E-state index contributed by atoms with van der Waals surface area (Å²) in [4.78, 5) is 12.2. The van der Waals surface area contributed by atoms with Crippen molar-refractivity contribution in [3.05, 3.63) is 70.9 Å². The minimum atomic E-state index is -0.565. The van der Waals surface area contributed by atoms with Crippen molar-refractivity contribution in [2.45, 2.75) is 241 Å². The average molecular weight is 897 g/mol. The molecule has 6 aliphatic carbocycles. The quantitative estimate of drug-likeness (QED) is 0.140. The molecule has 0 unspecified atom stereocenters. The maximum Gasteiger partial charge on any atom is 0.220 e. The van der Waals surface area contributed by atoms with Crippen molar-refractivity contribution >= 4 is 5.91 Å². The Balaban J connectivity index is 0.000000247. The van der Waals surface area contributed by atoms with Crippen molar-refractivity contribution in [3.63, 3.8) is 0 Å². The van der Waals surface area contributed by atoms with Crippen molar-refractivity contribution in [3.8, 4) is 0 Å². The Morgan fingerprint density at radius 3 is 1.80 bits per heavy atom. The fourth-order valence-corrected chi connectivity index (χ4v) is 14.6. The lowest BCUT2D eigenvalue weighted by molar-refractivity contribution is -0.121. The lowest BCUT2D eigenvalue weighted by Crippen LogP contribution is -2.41. The van der Waals surface area contributed by atoms with Crippen LogP contribution >= 0.6 is 0 Å². The number of amides is 1. The van der Waals surface area contributed by atoms with E-state index in [0.29, 0.717) is 53.3 Å². The number of aliphatic hydroxyl groups excluding tert-OH is 1. The van der Waals surface area contributed by atoms with Crippen LogP contribution in [0, 0.1) is 57.7 Å². The van der Waals surface area contributed by atoms with Crippen LogP contribution in [0.15, 0.2) is 70.9 Å². The van der Waals surface area contributed by atoms with E-state index < -0.39 is 11.7 Å². The number of carbonyl (C=O) groups is 1. The molecule has 1 amide bonds. The summed E-state index contributed by atoms with van der Waals surface area (Å²) in [6.45, 7) is 34.1. The van der Waals surface area contributed by atoms with Crippen molar-refractivity contribution in [1.29, 1.82) is 0 Å². The number of allylic oxidation sites excluding steroid dienone is 6. The molecule has 6 rings (SSSR count). The molecule has 12 atom stereocenters. The molecule has 5 N–H and O–H groups in total. The summed E-state index contributed by atoms with van der Waals surface area (Å²) in [6, 6.07) is -0.0143. The van der Waals surface area contributed by atoms with Gasteiger partial charge in [0.05, 0.1) is 17.7 Å². The average Bonchev–Trinajstić information content (AvgIpc) is 3.76. The Hall–Kier alpha value is -2.21. The van der Waals surface area contributed by atoms with Gasteiger partial charge in [-0.1, -0.05) is 137 Å². The summed E-state index contributed by atoms with van der Waals surface area (Å²) < 4.78 is 0. The third kappa shape index (κ3) is 14.2. The summed E-state index contributed by atoms with van der Waals surface area (Å²) in [5, 5.41) is 23.7. The summed E-state index contributed by atoms with van der Waals surface area (Å²) >= 11 is 0. The first-order valence-electron chi connectivity index (χ1n) is 27.1. The van der Waals surface area contributed by atoms with Gasteiger partial charge in [-0.05, 0) is 203 Å². The lowest BCUT2D eigenvalue weighted by atomic mass is 9.60. The molecule has 368 valence electrons. The van der Waals surface area contributed by atoms with Crippen LogP contribution in [-0.2, 0) is 4.79 Å². The highest BCUT2D eigenvalue weighted by atomic mass is 16.3. The normalized spacial score (nSPS) is 36.6. The van der Waals surface area contributed by atoms with Gasteiger partial charge < -0.3 is 21.3 Å². The second-order valence-corrected chi connectivity index (χ2v) is 25.3. The molecular formula is C60H100N2O3. The summed E-state index contributed by atoms with van der Waals surface area (Å²) in [7, 11) is 0. The van der Waals surface area contributed by atoms with Gasteiger partial charge in [-0.15, -0.1) is 0 Å². The maximum atomic E-state index is 12.2. The molecule has 0 aromatic rings. The van der Waals surface area contributed by atoms with Gasteiger partial charge in [-0.25, -0.2) is 0 Å². The smallest absolute Gasteiger partial charge is 0.220 e. The zero-order valence-corrected chi connectivity index (χ0v) is 43.9. The zero-order chi connectivity index (χ0) is 47.9. The second-order valence-electron chi connectivity index (χ2n) is 25.3. The first-order valence-corrected chi connectivity index (χ1v) is 27.1. The fourth-order valence-electron chi connectivity index (χ4n) is 14.6. The van der Waals surface area contributed by atoms with Gasteiger partial charge in [0.15, 0.2) is 0 Å². The van der Waals surface area contributed by atoms with Crippen molar-refractivity contribution in [2.24, 2.45) is 63.4 Å². The number of rotatable bonds is 14. The molecule has 0 aliphatic heterocycles. The summed E-state index contributed by atoms with van der Waals surface area (Å²) in [6.07, 6.45) is 34.3. The third-order valence-electron chi connectivity index (χ3n) is 18.2. The van der Waals surface area contributed by atoms with Gasteiger partial charge in [0.1, 0.15) is 0 Å². The Morgan fingerprint density at radius 1 is 0.800 bits per heavy atom. The number of hydrogen-bond acceptors (Lipinski definition) is 4. The van der Waals surface area contributed by atoms with Gasteiger partial charge in [0, 0.05) is 12.5 Å². The minimum absolute atomic E-state index is 0.0437. The van der Waals surface area contributed by atoms with Crippen molar-refractivity contribution in [1.82, 2.24) is 5.32 Å². The number of fused-ring (bicyclic) bond motifs is 2. The molecule has 65 heavy (non-hydrogen) atoms. The van der Waals surface area contributed by atoms with Crippen LogP contribution in [0.2, 0.25) is 0 Å².